The van der Waals surface area contributed by atoms with Gasteiger partial charge in [-0.05, 0) is 37.0 Å². The second-order valence-electron chi connectivity index (χ2n) is 4.75. The number of hydrogen-bond acceptors (Lipinski definition) is 3. The maximum Gasteiger partial charge on any atom is 0.154 e. The van der Waals surface area contributed by atoms with Crippen LogP contribution < -0.4 is 0 Å². The maximum atomic E-state index is 12.0. The molecule has 0 radical (unpaired) electrons. The molecule has 0 spiro atoms. The van der Waals surface area contributed by atoms with Gasteiger partial charge in [0.2, 0.25) is 0 Å². The van der Waals surface area contributed by atoms with Crippen LogP contribution in [0.2, 0.25) is 5.02 Å². The number of sulfone groups is 1. The fourth-order valence-corrected chi connectivity index (χ4v) is 3.58. The molecule has 0 atom stereocenters. The first-order valence-electron chi connectivity index (χ1n) is 6.47. The van der Waals surface area contributed by atoms with Crippen molar-refractivity contribution >= 4 is 21.4 Å². The molecular weight excluding hydrogens is 296 g/mol. The Bertz CT molecular complexity index is 622. The molecule has 108 valence electrons. The lowest BCUT2D eigenvalue weighted by Crippen LogP contribution is -2.09. The van der Waals surface area contributed by atoms with Crippen LogP contribution in [0.15, 0.2) is 36.8 Å². The van der Waals surface area contributed by atoms with Crippen LogP contribution in [0.3, 0.4) is 0 Å². The molecule has 2 rings (SSSR count). The molecule has 0 amide bonds. The first-order chi connectivity index (χ1) is 9.55. The highest BCUT2D eigenvalue weighted by atomic mass is 35.5. The number of imidazole rings is 1. The van der Waals surface area contributed by atoms with Crippen molar-refractivity contribution in [1.82, 2.24) is 9.97 Å². The third-order valence-corrected chi connectivity index (χ3v) is 4.94. The van der Waals surface area contributed by atoms with Crippen molar-refractivity contribution in [2.24, 2.45) is 0 Å². The molecule has 0 saturated heterocycles. The van der Waals surface area contributed by atoms with Crippen LogP contribution in [0, 0.1) is 0 Å². The van der Waals surface area contributed by atoms with Gasteiger partial charge in [0, 0.05) is 16.9 Å². The minimum Gasteiger partial charge on any atom is -0.348 e. The molecule has 0 bridgehead atoms. The minimum atomic E-state index is -3.06. The first-order valence-corrected chi connectivity index (χ1v) is 8.67. The van der Waals surface area contributed by atoms with Crippen molar-refractivity contribution in [3.05, 3.63) is 53.1 Å². The van der Waals surface area contributed by atoms with Gasteiger partial charge in [-0.2, -0.15) is 0 Å². The highest BCUT2D eigenvalue weighted by molar-refractivity contribution is 7.90. The van der Waals surface area contributed by atoms with Crippen molar-refractivity contribution in [2.75, 3.05) is 5.75 Å². The van der Waals surface area contributed by atoms with Crippen LogP contribution in [0.25, 0.3) is 0 Å². The van der Waals surface area contributed by atoms with Gasteiger partial charge in [0.15, 0.2) is 9.84 Å². The molecule has 6 heteroatoms. The quantitative estimate of drug-likeness (QED) is 0.799. The Morgan fingerprint density at radius 1 is 1.15 bits per heavy atom. The van der Waals surface area contributed by atoms with E-state index < -0.39 is 9.84 Å². The maximum absolute atomic E-state index is 12.0. The number of aryl methyl sites for hydroxylation is 1. The van der Waals surface area contributed by atoms with Gasteiger partial charge < -0.3 is 4.98 Å². The van der Waals surface area contributed by atoms with Crippen LogP contribution in [-0.4, -0.2) is 24.1 Å². The van der Waals surface area contributed by atoms with Crippen molar-refractivity contribution in [2.45, 2.75) is 25.0 Å². The summed E-state index contributed by atoms with van der Waals surface area (Å²) in [5, 5.41) is 0.616. The largest absolute Gasteiger partial charge is 0.348 e. The molecule has 0 aliphatic carbocycles. The second-order valence-corrected chi connectivity index (χ2v) is 7.37. The van der Waals surface area contributed by atoms with E-state index in [1.165, 1.54) is 0 Å². The number of benzene rings is 1. The lowest BCUT2D eigenvalue weighted by Gasteiger charge is -2.04. The summed E-state index contributed by atoms with van der Waals surface area (Å²) in [5.74, 6) is 0.290. The summed E-state index contributed by atoms with van der Waals surface area (Å²) in [6.45, 7) is 0. The lowest BCUT2D eigenvalue weighted by atomic mass is 10.2. The Kier molecular flexibility index (Phi) is 5.20. The molecule has 1 aromatic heterocycles. The van der Waals surface area contributed by atoms with E-state index in [0.29, 0.717) is 11.4 Å². The van der Waals surface area contributed by atoms with Gasteiger partial charge in [-0.3, -0.25) is 0 Å². The summed E-state index contributed by atoms with van der Waals surface area (Å²) < 4.78 is 24.0. The van der Waals surface area contributed by atoms with Crippen LogP contribution in [-0.2, 0) is 22.0 Å². The number of unbranched alkanes of at least 4 members (excludes halogenated alkanes) is 1. The monoisotopic (exact) mass is 312 g/mol. The fraction of sp³-hybridized carbons (Fsp3) is 0.357. The smallest absolute Gasteiger partial charge is 0.154 e. The zero-order valence-electron chi connectivity index (χ0n) is 11.0. The summed E-state index contributed by atoms with van der Waals surface area (Å²) in [6.07, 6.45) is 5.72. The van der Waals surface area contributed by atoms with Gasteiger partial charge in [-0.15, -0.1) is 0 Å². The summed E-state index contributed by atoms with van der Waals surface area (Å²) in [4.78, 5) is 6.93. The van der Waals surface area contributed by atoms with E-state index >= 15 is 0 Å². The molecule has 1 aromatic carbocycles. The molecule has 20 heavy (non-hydrogen) atoms. The Morgan fingerprint density at radius 3 is 2.55 bits per heavy atom. The van der Waals surface area contributed by atoms with Crippen molar-refractivity contribution in [3.8, 4) is 0 Å². The van der Waals surface area contributed by atoms with Crippen LogP contribution in [0.4, 0.5) is 0 Å². The van der Waals surface area contributed by atoms with Crippen LogP contribution >= 0.6 is 11.6 Å². The normalized spacial score (nSPS) is 11.7. The van der Waals surface area contributed by atoms with Crippen LogP contribution in [0.1, 0.15) is 24.1 Å². The number of H-pyrrole nitrogens is 1. The lowest BCUT2D eigenvalue weighted by molar-refractivity contribution is 0.590. The number of halogens is 1. The van der Waals surface area contributed by atoms with Crippen molar-refractivity contribution in [1.29, 1.82) is 0 Å². The number of nitrogens with one attached hydrogen (secondary N) is 1. The van der Waals surface area contributed by atoms with E-state index in [0.717, 1.165) is 24.1 Å². The van der Waals surface area contributed by atoms with Gasteiger partial charge >= 0.3 is 0 Å². The molecule has 1 N–H and O–H groups in total. The van der Waals surface area contributed by atoms with Gasteiger partial charge in [-0.1, -0.05) is 23.7 Å². The Hall–Kier alpha value is -1.33. The minimum absolute atomic E-state index is 0.0776. The number of nitrogens with zero attached hydrogens (tertiary/aromatic N) is 1. The van der Waals surface area contributed by atoms with E-state index in [-0.39, 0.29) is 11.5 Å². The predicted octanol–water partition coefficient (Wildman–Crippen LogP) is 3.00. The van der Waals surface area contributed by atoms with E-state index in [2.05, 4.69) is 9.97 Å². The Balaban J connectivity index is 1.77. The number of aromatic amines is 1. The van der Waals surface area contributed by atoms with Crippen LogP contribution in [0.5, 0.6) is 0 Å². The molecule has 0 saturated carbocycles. The second kappa shape index (κ2) is 6.90. The topological polar surface area (TPSA) is 62.8 Å². The number of hydrogen-bond donors (Lipinski definition) is 1. The average Bonchev–Trinajstić information content (AvgIpc) is 2.90. The third-order valence-electron chi connectivity index (χ3n) is 3.01. The molecule has 0 unspecified atom stereocenters. The SMILES string of the molecule is O=S(=O)(CCCCc1cnc[nH]1)Cc1ccc(Cl)cc1. The number of rotatable bonds is 7. The fourth-order valence-electron chi connectivity index (χ4n) is 1.97. The highest BCUT2D eigenvalue weighted by Gasteiger charge is 2.11. The third kappa shape index (κ3) is 4.98. The summed E-state index contributed by atoms with van der Waals surface area (Å²) in [6, 6.07) is 6.93. The Labute approximate surface area is 124 Å². The summed E-state index contributed by atoms with van der Waals surface area (Å²) in [7, 11) is -3.06. The van der Waals surface area contributed by atoms with Gasteiger partial charge in [0.25, 0.3) is 0 Å². The molecular formula is C14H17ClN2O2S. The molecule has 0 fully saturated rings. The van der Waals surface area contributed by atoms with Gasteiger partial charge in [-0.25, -0.2) is 13.4 Å². The molecule has 0 aliphatic heterocycles. The molecule has 4 nitrogen and oxygen atoms in total. The summed E-state index contributed by atoms with van der Waals surface area (Å²) >= 11 is 5.78. The zero-order valence-corrected chi connectivity index (χ0v) is 12.6. The highest BCUT2D eigenvalue weighted by Crippen LogP contribution is 2.13. The van der Waals surface area contributed by atoms with E-state index in [1.54, 1.807) is 36.8 Å². The van der Waals surface area contributed by atoms with Gasteiger partial charge in [0.1, 0.15) is 0 Å². The number of aromatic nitrogens is 2. The van der Waals surface area contributed by atoms with Gasteiger partial charge in [0.05, 0.1) is 17.8 Å². The summed E-state index contributed by atoms with van der Waals surface area (Å²) in [5.41, 5.74) is 1.82. The van der Waals surface area contributed by atoms with Crippen molar-refractivity contribution < 1.29 is 8.42 Å². The van der Waals surface area contributed by atoms with E-state index in [9.17, 15) is 8.42 Å². The van der Waals surface area contributed by atoms with E-state index in [4.69, 9.17) is 11.6 Å². The van der Waals surface area contributed by atoms with Crippen molar-refractivity contribution in [3.63, 3.8) is 0 Å². The predicted molar refractivity (Wildman–Crippen MR) is 80.5 cm³/mol. The Morgan fingerprint density at radius 2 is 1.90 bits per heavy atom. The standard InChI is InChI=1S/C14H17ClN2O2S/c15-13-6-4-12(5-7-13)10-20(18,19)8-2-1-3-14-9-16-11-17-14/h4-7,9,11H,1-3,8,10H2,(H,16,17). The first kappa shape index (κ1) is 15.1. The van der Waals surface area contributed by atoms with E-state index in [1.807, 2.05) is 0 Å². The molecule has 0 aliphatic rings. The zero-order chi connectivity index (χ0) is 14.4. The molecule has 2 aromatic rings. The average molecular weight is 313 g/mol. The molecule has 1 heterocycles.